The van der Waals surface area contributed by atoms with E-state index in [0.717, 1.165) is 29.7 Å². The summed E-state index contributed by atoms with van der Waals surface area (Å²) in [4.78, 5) is 6.54. The molecule has 3 rings (SSSR count). The number of pyridine rings is 1. The van der Waals surface area contributed by atoms with Gasteiger partial charge >= 0.3 is 0 Å². The Labute approximate surface area is 111 Å². The Kier molecular flexibility index (Phi) is 3.03. The molecule has 5 heteroatoms. The van der Waals surface area contributed by atoms with Crippen LogP contribution in [0, 0.1) is 11.3 Å². The second-order valence-corrected chi connectivity index (χ2v) is 4.65. The van der Waals surface area contributed by atoms with Gasteiger partial charge in [-0.2, -0.15) is 10.3 Å². The molecule has 1 aliphatic rings. The highest BCUT2D eigenvalue weighted by molar-refractivity contribution is 5.83. The van der Waals surface area contributed by atoms with Gasteiger partial charge in [-0.05, 0) is 18.2 Å². The first-order valence-corrected chi connectivity index (χ1v) is 6.25. The van der Waals surface area contributed by atoms with Gasteiger partial charge in [0, 0.05) is 43.4 Å². The van der Waals surface area contributed by atoms with Crippen molar-refractivity contribution in [2.24, 2.45) is 0 Å². The highest BCUT2D eigenvalue weighted by atomic mass is 16.5. The third-order valence-corrected chi connectivity index (χ3v) is 3.42. The van der Waals surface area contributed by atoms with Crippen LogP contribution in [0.4, 0.5) is 5.69 Å². The minimum Gasteiger partial charge on any atom is -0.369 e. The fraction of sp³-hybridized carbons (Fsp3) is 0.286. The minimum absolute atomic E-state index is 0.578. The van der Waals surface area contributed by atoms with E-state index in [2.05, 4.69) is 16.0 Å². The zero-order valence-corrected chi connectivity index (χ0v) is 10.5. The highest BCUT2D eigenvalue weighted by Gasteiger charge is 2.15. The predicted molar refractivity (Wildman–Crippen MR) is 72.0 cm³/mol. The molecule has 96 valence electrons. The number of aromatic nitrogens is 1. The molecule has 1 saturated heterocycles. The number of rotatable bonds is 1. The number of nitrogens with zero attached hydrogens (tertiary/aromatic N) is 4. The summed E-state index contributed by atoms with van der Waals surface area (Å²) in [7, 11) is 0. The van der Waals surface area contributed by atoms with Crippen LogP contribution in [-0.4, -0.2) is 41.4 Å². The fourth-order valence-corrected chi connectivity index (χ4v) is 2.32. The maximum Gasteiger partial charge on any atom is 0.101 e. The second kappa shape index (κ2) is 4.84. The molecular formula is C14H14N4O. The van der Waals surface area contributed by atoms with E-state index in [1.807, 2.05) is 24.3 Å². The Morgan fingerprint density at radius 2 is 1.95 bits per heavy atom. The van der Waals surface area contributed by atoms with E-state index in [9.17, 15) is 5.21 Å². The second-order valence-electron chi connectivity index (χ2n) is 4.65. The molecule has 0 atom stereocenters. The summed E-state index contributed by atoms with van der Waals surface area (Å²) in [6, 6.07) is 10.0. The van der Waals surface area contributed by atoms with Crippen LogP contribution in [-0.2, 0) is 0 Å². The van der Waals surface area contributed by atoms with Crippen molar-refractivity contribution in [3.63, 3.8) is 0 Å². The number of benzene rings is 1. The molecule has 0 aliphatic carbocycles. The van der Waals surface area contributed by atoms with Gasteiger partial charge in [0.25, 0.3) is 0 Å². The first kappa shape index (κ1) is 11.9. The van der Waals surface area contributed by atoms with Gasteiger partial charge in [-0.15, -0.1) is 0 Å². The number of anilines is 1. The first-order valence-electron chi connectivity index (χ1n) is 6.25. The lowest BCUT2D eigenvalue weighted by molar-refractivity contribution is -0.0935. The normalized spacial score (nSPS) is 16.5. The SMILES string of the molecule is N#Cc1cnc2cc(N3CCN(O)CC3)ccc2c1. The van der Waals surface area contributed by atoms with Gasteiger partial charge in [0.15, 0.2) is 0 Å². The third kappa shape index (κ3) is 2.36. The average Bonchev–Trinajstić information content (AvgIpc) is 2.47. The molecule has 1 aromatic carbocycles. The summed E-state index contributed by atoms with van der Waals surface area (Å²) < 4.78 is 0. The van der Waals surface area contributed by atoms with Crippen LogP contribution in [0.15, 0.2) is 30.5 Å². The zero-order chi connectivity index (χ0) is 13.2. The molecule has 0 radical (unpaired) electrons. The van der Waals surface area contributed by atoms with E-state index in [0.29, 0.717) is 18.7 Å². The lowest BCUT2D eigenvalue weighted by Gasteiger charge is -2.32. The minimum atomic E-state index is 0.578. The van der Waals surface area contributed by atoms with Crippen molar-refractivity contribution in [3.05, 3.63) is 36.0 Å². The van der Waals surface area contributed by atoms with Gasteiger partial charge < -0.3 is 10.1 Å². The van der Waals surface area contributed by atoms with Gasteiger partial charge in [0.2, 0.25) is 0 Å². The molecule has 2 heterocycles. The molecule has 0 unspecified atom stereocenters. The van der Waals surface area contributed by atoms with Gasteiger partial charge in [-0.1, -0.05) is 6.07 Å². The molecule has 1 aromatic heterocycles. The fourth-order valence-electron chi connectivity index (χ4n) is 2.32. The van der Waals surface area contributed by atoms with Crippen molar-refractivity contribution < 1.29 is 5.21 Å². The quantitative estimate of drug-likeness (QED) is 0.837. The van der Waals surface area contributed by atoms with Crippen molar-refractivity contribution in [2.75, 3.05) is 31.1 Å². The van der Waals surface area contributed by atoms with E-state index < -0.39 is 0 Å². The Hall–Kier alpha value is -2.16. The predicted octanol–water partition coefficient (Wildman–Crippen LogP) is 1.62. The highest BCUT2D eigenvalue weighted by Crippen LogP contribution is 2.22. The van der Waals surface area contributed by atoms with E-state index >= 15 is 0 Å². The van der Waals surface area contributed by atoms with Crippen LogP contribution in [0.25, 0.3) is 10.9 Å². The lowest BCUT2D eigenvalue weighted by atomic mass is 10.1. The van der Waals surface area contributed by atoms with Crippen molar-refractivity contribution >= 4 is 16.6 Å². The number of fused-ring (bicyclic) bond motifs is 1. The largest absolute Gasteiger partial charge is 0.369 e. The maximum atomic E-state index is 9.37. The zero-order valence-electron chi connectivity index (χ0n) is 10.5. The van der Waals surface area contributed by atoms with Crippen molar-refractivity contribution in [1.82, 2.24) is 10.0 Å². The molecule has 0 bridgehead atoms. The van der Waals surface area contributed by atoms with E-state index in [1.54, 1.807) is 6.20 Å². The summed E-state index contributed by atoms with van der Waals surface area (Å²) >= 11 is 0. The number of hydroxylamine groups is 2. The van der Waals surface area contributed by atoms with Crippen LogP contribution in [0.5, 0.6) is 0 Å². The number of hydrogen-bond acceptors (Lipinski definition) is 5. The van der Waals surface area contributed by atoms with Crippen LogP contribution < -0.4 is 4.90 Å². The molecule has 1 aliphatic heterocycles. The Morgan fingerprint density at radius 1 is 1.16 bits per heavy atom. The maximum absolute atomic E-state index is 9.37. The number of hydrogen-bond donors (Lipinski definition) is 1. The standard InChI is InChI=1S/C14H14N4O/c15-9-11-7-12-1-2-13(8-14(12)16-10-11)17-3-5-18(19)6-4-17/h1-2,7-8,10,19H,3-6H2. The average molecular weight is 254 g/mol. The van der Waals surface area contributed by atoms with Crippen molar-refractivity contribution in [3.8, 4) is 6.07 Å². The summed E-state index contributed by atoms with van der Waals surface area (Å²) in [5, 5.41) is 20.5. The van der Waals surface area contributed by atoms with E-state index in [1.165, 1.54) is 5.06 Å². The third-order valence-electron chi connectivity index (χ3n) is 3.42. The van der Waals surface area contributed by atoms with E-state index in [4.69, 9.17) is 5.26 Å². The monoisotopic (exact) mass is 254 g/mol. The summed E-state index contributed by atoms with van der Waals surface area (Å²) in [6.07, 6.45) is 1.60. The van der Waals surface area contributed by atoms with Gasteiger partial charge in [-0.25, -0.2) is 0 Å². The van der Waals surface area contributed by atoms with Crippen molar-refractivity contribution in [1.29, 1.82) is 5.26 Å². The topological polar surface area (TPSA) is 63.4 Å². The number of nitriles is 1. The lowest BCUT2D eigenvalue weighted by Crippen LogP contribution is -2.44. The Bertz CT molecular complexity index is 641. The van der Waals surface area contributed by atoms with Crippen molar-refractivity contribution in [2.45, 2.75) is 0 Å². The molecule has 0 spiro atoms. The van der Waals surface area contributed by atoms with Crippen LogP contribution in [0.1, 0.15) is 5.56 Å². The van der Waals surface area contributed by atoms with Gasteiger partial charge in [0.1, 0.15) is 6.07 Å². The molecular weight excluding hydrogens is 240 g/mol. The molecule has 1 N–H and O–H groups in total. The van der Waals surface area contributed by atoms with Crippen LogP contribution in [0.2, 0.25) is 0 Å². The van der Waals surface area contributed by atoms with Crippen LogP contribution in [0.3, 0.4) is 0 Å². The first-order chi connectivity index (χ1) is 9.26. The Morgan fingerprint density at radius 3 is 2.68 bits per heavy atom. The summed E-state index contributed by atoms with van der Waals surface area (Å²) in [5.41, 5.74) is 2.58. The smallest absolute Gasteiger partial charge is 0.101 e. The summed E-state index contributed by atoms with van der Waals surface area (Å²) in [5.74, 6) is 0. The molecule has 2 aromatic rings. The molecule has 19 heavy (non-hydrogen) atoms. The molecule has 0 saturated carbocycles. The van der Waals surface area contributed by atoms with Crippen LogP contribution >= 0.6 is 0 Å². The molecule has 0 amide bonds. The number of piperazine rings is 1. The van der Waals surface area contributed by atoms with Gasteiger partial charge in [-0.3, -0.25) is 4.98 Å². The van der Waals surface area contributed by atoms with Gasteiger partial charge in [0.05, 0.1) is 11.1 Å². The van der Waals surface area contributed by atoms with E-state index in [-0.39, 0.29) is 0 Å². The Balaban J connectivity index is 1.92. The molecule has 1 fully saturated rings. The summed E-state index contributed by atoms with van der Waals surface area (Å²) in [6.45, 7) is 2.91. The molecule has 5 nitrogen and oxygen atoms in total.